The highest BCUT2D eigenvalue weighted by atomic mass is 35.5. The summed E-state index contributed by atoms with van der Waals surface area (Å²) in [6.45, 7) is 2.84. The van der Waals surface area contributed by atoms with Crippen molar-refractivity contribution in [2.24, 2.45) is 0 Å². The predicted octanol–water partition coefficient (Wildman–Crippen LogP) is 1.27. The van der Waals surface area contributed by atoms with E-state index in [1.807, 2.05) is 6.92 Å². The Bertz CT molecular complexity index is 387. The number of rotatable bonds is 0. The van der Waals surface area contributed by atoms with Crippen molar-refractivity contribution in [1.82, 2.24) is 9.55 Å². The summed E-state index contributed by atoms with van der Waals surface area (Å²) in [6.07, 6.45) is 0.941. The molecule has 0 radical (unpaired) electrons. The first-order valence-electron chi connectivity index (χ1n) is 4.21. The Morgan fingerprint density at radius 1 is 1.77 bits per heavy atom. The average Bonchev–Trinajstić information content (AvgIpc) is 2.02. The fourth-order valence-corrected chi connectivity index (χ4v) is 1.71. The highest BCUT2D eigenvalue weighted by molar-refractivity contribution is 6.29. The van der Waals surface area contributed by atoms with Crippen molar-refractivity contribution in [3.63, 3.8) is 0 Å². The first-order valence-corrected chi connectivity index (χ1v) is 4.59. The summed E-state index contributed by atoms with van der Waals surface area (Å²) in [5.41, 5.74) is -0.0882. The molecule has 0 unspecified atom stereocenters. The Kier molecular flexibility index (Phi) is 2.00. The maximum absolute atomic E-state index is 11.5. The molecule has 1 aliphatic rings. The number of hydrogen-bond donors (Lipinski definition) is 1. The van der Waals surface area contributed by atoms with Crippen LogP contribution in [-0.4, -0.2) is 16.1 Å². The van der Waals surface area contributed by atoms with Gasteiger partial charge >= 0.3 is 0 Å². The van der Waals surface area contributed by atoms with E-state index >= 15 is 0 Å². The molecule has 5 heteroatoms. The molecule has 1 N–H and O–H groups in total. The van der Waals surface area contributed by atoms with Crippen LogP contribution in [0.15, 0.2) is 10.9 Å². The lowest BCUT2D eigenvalue weighted by Gasteiger charge is -2.24. The standard InChI is InChI=1S/C8H10ClN3O/c1-5-2-3-10-8-11-6(9)4-7(13)12(5)8/h4-5H,2-3H2,1H3,(H,10,11)/t5-/m1/s1. The SMILES string of the molecule is C[C@@H]1CCNc2nc(Cl)cc(=O)n21. The van der Waals surface area contributed by atoms with Crippen molar-refractivity contribution in [3.05, 3.63) is 21.6 Å². The lowest BCUT2D eigenvalue weighted by atomic mass is 10.2. The van der Waals surface area contributed by atoms with E-state index in [-0.39, 0.29) is 16.8 Å². The van der Waals surface area contributed by atoms with Crippen LogP contribution >= 0.6 is 11.6 Å². The third-order valence-corrected chi connectivity index (χ3v) is 2.40. The van der Waals surface area contributed by atoms with Crippen LogP contribution in [0, 0.1) is 0 Å². The van der Waals surface area contributed by atoms with Crippen molar-refractivity contribution in [1.29, 1.82) is 0 Å². The number of fused-ring (bicyclic) bond motifs is 1. The van der Waals surface area contributed by atoms with Gasteiger partial charge in [0.2, 0.25) is 5.95 Å². The quantitative estimate of drug-likeness (QED) is 0.641. The second-order valence-electron chi connectivity index (χ2n) is 3.18. The van der Waals surface area contributed by atoms with E-state index in [0.29, 0.717) is 5.95 Å². The lowest BCUT2D eigenvalue weighted by Crippen LogP contribution is -2.32. The Labute approximate surface area is 80.5 Å². The number of anilines is 1. The van der Waals surface area contributed by atoms with Crippen LogP contribution < -0.4 is 10.9 Å². The van der Waals surface area contributed by atoms with Gasteiger partial charge in [0.25, 0.3) is 5.56 Å². The summed E-state index contributed by atoms with van der Waals surface area (Å²) in [4.78, 5) is 15.5. The second kappa shape index (κ2) is 3.03. The summed E-state index contributed by atoms with van der Waals surface area (Å²) in [5.74, 6) is 0.580. The Morgan fingerprint density at radius 2 is 2.54 bits per heavy atom. The minimum Gasteiger partial charge on any atom is -0.355 e. The Hall–Kier alpha value is -1.03. The number of halogens is 1. The van der Waals surface area contributed by atoms with Gasteiger partial charge in [-0.25, -0.2) is 4.98 Å². The van der Waals surface area contributed by atoms with Crippen molar-refractivity contribution < 1.29 is 0 Å². The molecule has 0 amide bonds. The molecule has 13 heavy (non-hydrogen) atoms. The number of nitrogens with one attached hydrogen (secondary N) is 1. The van der Waals surface area contributed by atoms with E-state index < -0.39 is 0 Å². The molecule has 70 valence electrons. The summed E-state index contributed by atoms with van der Waals surface area (Å²) >= 11 is 5.67. The zero-order valence-electron chi connectivity index (χ0n) is 7.25. The van der Waals surface area contributed by atoms with Crippen LogP contribution in [0.25, 0.3) is 0 Å². The van der Waals surface area contributed by atoms with E-state index in [1.54, 1.807) is 4.57 Å². The van der Waals surface area contributed by atoms with Gasteiger partial charge in [-0.15, -0.1) is 0 Å². The summed E-state index contributed by atoms with van der Waals surface area (Å²) in [5, 5.41) is 3.29. The monoisotopic (exact) mass is 199 g/mol. The fourth-order valence-electron chi connectivity index (χ4n) is 1.54. The van der Waals surface area contributed by atoms with E-state index in [1.165, 1.54) is 6.07 Å². The smallest absolute Gasteiger partial charge is 0.256 e. The molecule has 2 heterocycles. The van der Waals surface area contributed by atoms with E-state index in [4.69, 9.17) is 11.6 Å². The molecule has 0 saturated carbocycles. The number of aromatic nitrogens is 2. The molecule has 0 aliphatic carbocycles. The van der Waals surface area contributed by atoms with Crippen LogP contribution in [0.4, 0.5) is 5.95 Å². The third kappa shape index (κ3) is 1.42. The normalized spacial score (nSPS) is 20.6. The van der Waals surface area contributed by atoms with Gasteiger partial charge in [-0.05, 0) is 13.3 Å². The highest BCUT2D eigenvalue weighted by Crippen LogP contribution is 2.19. The zero-order valence-corrected chi connectivity index (χ0v) is 8.01. The van der Waals surface area contributed by atoms with Gasteiger partial charge in [0, 0.05) is 18.7 Å². The van der Waals surface area contributed by atoms with Crippen molar-refractivity contribution >= 4 is 17.5 Å². The van der Waals surface area contributed by atoms with Gasteiger partial charge in [0.05, 0.1) is 0 Å². The summed E-state index contributed by atoms with van der Waals surface area (Å²) in [6, 6.07) is 1.54. The average molecular weight is 200 g/mol. The van der Waals surface area contributed by atoms with Crippen molar-refractivity contribution in [2.45, 2.75) is 19.4 Å². The zero-order chi connectivity index (χ0) is 9.42. The van der Waals surface area contributed by atoms with Crippen LogP contribution in [0.1, 0.15) is 19.4 Å². The molecule has 0 fully saturated rings. The fraction of sp³-hybridized carbons (Fsp3) is 0.500. The molecule has 1 aliphatic heterocycles. The lowest BCUT2D eigenvalue weighted by molar-refractivity contribution is 0.477. The number of hydrogen-bond acceptors (Lipinski definition) is 3. The van der Waals surface area contributed by atoms with Crippen molar-refractivity contribution in [3.8, 4) is 0 Å². The Morgan fingerprint density at radius 3 is 3.31 bits per heavy atom. The maximum atomic E-state index is 11.5. The van der Waals surface area contributed by atoms with Gasteiger partial charge in [0.1, 0.15) is 5.15 Å². The molecule has 1 atom stereocenters. The maximum Gasteiger partial charge on any atom is 0.256 e. The van der Waals surface area contributed by atoms with Gasteiger partial charge in [-0.3, -0.25) is 9.36 Å². The van der Waals surface area contributed by atoms with Gasteiger partial charge in [0.15, 0.2) is 0 Å². The Balaban J connectivity index is 2.63. The minimum atomic E-state index is -0.0882. The number of nitrogens with zero attached hydrogens (tertiary/aromatic N) is 2. The molecule has 1 aromatic rings. The van der Waals surface area contributed by atoms with Gasteiger partial charge in [-0.1, -0.05) is 11.6 Å². The minimum absolute atomic E-state index is 0.0882. The highest BCUT2D eigenvalue weighted by Gasteiger charge is 2.17. The molecular weight excluding hydrogens is 190 g/mol. The molecule has 0 aromatic carbocycles. The molecule has 0 saturated heterocycles. The summed E-state index contributed by atoms with van der Waals surface area (Å²) < 4.78 is 1.63. The van der Waals surface area contributed by atoms with Crippen molar-refractivity contribution in [2.75, 3.05) is 11.9 Å². The second-order valence-corrected chi connectivity index (χ2v) is 3.56. The first kappa shape index (κ1) is 8.56. The van der Waals surface area contributed by atoms with Gasteiger partial charge < -0.3 is 5.32 Å². The van der Waals surface area contributed by atoms with E-state index in [9.17, 15) is 4.79 Å². The molecule has 4 nitrogen and oxygen atoms in total. The molecule has 0 spiro atoms. The van der Waals surface area contributed by atoms with Crippen LogP contribution in [0.5, 0.6) is 0 Å². The molecule has 2 rings (SSSR count). The summed E-state index contributed by atoms with van der Waals surface area (Å²) in [7, 11) is 0. The van der Waals surface area contributed by atoms with Crippen LogP contribution in [0.3, 0.4) is 0 Å². The van der Waals surface area contributed by atoms with Crippen LogP contribution in [-0.2, 0) is 0 Å². The topological polar surface area (TPSA) is 46.9 Å². The first-order chi connectivity index (χ1) is 6.18. The molecular formula is C8H10ClN3O. The molecule has 1 aromatic heterocycles. The van der Waals surface area contributed by atoms with E-state index in [2.05, 4.69) is 10.3 Å². The largest absolute Gasteiger partial charge is 0.355 e. The third-order valence-electron chi connectivity index (χ3n) is 2.21. The van der Waals surface area contributed by atoms with E-state index in [0.717, 1.165) is 13.0 Å². The van der Waals surface area contributed by atoms with Crippen LogP contribution in [0.2, 0.25) is 5.15 Å². The molecule has 0 bridgehead atoms. The predicted molar refractivity (Wildman–Crippen MR) is 51.3 cm³/mol. The van der Waals surface area contributed by atoms with Gasteiger partial charge in [-0.2, -0.15) is 0 Å².